The van der Waals surface area contributed by atoms with E-state index in [9.17, 15) is 4.79 Å². The number of Topliss-reactive ketones (excluding diaryl/α,β-unsaturated/α-hetero) is 1. The van der Waals surface area contributed by atoms with E-state index >= 15 is 0 Å². The van der Waals surface area contributed by atoms with Crippen molar-refractivity contribution in [1.29, 1.82) is 0 Å². The minimum Gasteiger partial charge on any atom is -0.291 e. The fraction of sp³-hybridized carbons (Fsp3) is 0.111. The highest BCUT2D eigenvalue weighted by atomic mass is 35.5. The van der Waals surface area contributed by atoms with Gasteiger partial charge >= 0.3 is 0 Å². The normalized spacial score (nSPS) is 10.5. The topological polar surface area (TPSA) is 30.0 Å². The van der Waals surface area contributed by atoms with Gasteiger partial charge in [0.15, 0.2) is 5.78 Å². The van der Waals surface area contributed by atoms with Crippen molar-refractivity contribution < 1.29 is 4.79 Å². The van der Waals surface area contributed by atoms with Crippen molar-refractivity contribution in [2.45, 2.75) is 0 Å². The van der Waals surface area contributed by atoms with Gasteiger partial charge in [-0.2, -0.15) is 0 Å². The summed E-state index contributed by atoms with van der Waals surface area (Å²) in [5.74, 6) is -0.184. The highest BCUT2D eigenvalue weighted by Gasteiger charge is 2.11. The lowest BCUT2D eigenvalue weighted by molar-refractivity contribution is 0.101. The first kappa shape index (κ1) is 11.1. The number of thiophene rings is 1. The van der Waals surface area contributed by atoms with Crippen molar-refractivity contribution in [3.8, 4) is 9.88 Å². The first-order valence-electron chi connectivity index (χ1n) is 4.00. The third kappa shape index (κ3) is 2.39. The van der Waals surface area contributed by atoms with Crippen LogP contribution in [0.1, 0.15) is 10.5 Å². The van der Waals surface area contributed by atoms with Crippen LogP contribution in [-0.4, -0.2) is 16.6 Å². The second kappa shape index (κ2) is 4.61. The number of ketones is 1. The molecule has 0 fully saturated rings. The third-order valence-electron chi connectivity index (χ3n) is 1.69. The third-order valence-corrected chi connectivity index (χ3v) is 4.22. The van der Waals surface area contributed by atoms with Crippen molar-refractivity contribution in [3.05, 3.63) is 27.5 Å². The van der Waals surface area contributed by atoms with Crippen LogP contribution in [0.2, 0.25) is 5.02 Å². The summed E-state index contributed by atoms with van der Waals surface area (Å²) in [4.78, 5) is 16.4. The van der Waals surface area contributed by atoms with Crippen LogP contribution in [0.4, 0.5) is 0 Å². The highest BCUT2D eigenvalue weighted by Crippen LogP contribution is 2.31. The first-order valence-corrected chi connectivity index (χ1v) is 6.67. The Morgan fingerprint density at radius 3 is 2.80 bits per heavy atom. The van der Waals surface area contributed by atoms with Gasteiger partial charge in [0.25, 0.3) is 0 Å². The number of hydrogen-bond donors (Lipinski definition) is 0. The molecule has 2 aromatic heterocycles. The van der Waals surface area contributed by atoms with Gasteiger partial charge in [0, 0.05) is 10.8 Å². The summed E-state index contributed by atoms with van der Waals surface area (Å²) in [5.41, 5.74) is 0.425. The van der Waals surface area contributed by atoms with Crippen molar-refractivity contribution >= 4 is 51.7 Å². The molecule has 0 aliphatic heterocycles. The Hall–Kier alpha value is -0.420. The van der Waals surface area contributed by atoms with Crippen LogP contribution in [0.15, 0.2) is 16.8 Å². The molecule has 2 heterocycles. The zero-order valence-corrected chi connectivity index (χ0v) is 10.5. The molecule has 2 aromatic rings. The Morgan fingerprint density at radius 2 is 2.20 bits per heavy atom. The van der Waals surface area contributed by atoms with Crippen LogP contribution >= 0.6 is 45.9 Å². The maximum absolute atomic E-state index is 11.3. The number of nitrogens with zero attached hydrogens (tertiary/aromatic N) is 1. The Kier molecular flexibility index (Phi) is 3.41. The molecule has 0 spiro atoms. The summed E-state index contributed by atoms with van der Waals surface area (Å²) in [5, 5.41) is 5.05. The van der Waals surface area contributed by atoms with Crippen LogP contribution in [0.3, 0.4) is 0 Å². The molecule has 0 saturated carbocycles. The van der Waals surface area contributed by atoms with E-state index in [2.05, 4.69) is 4.98 Å². The lowest BCUT2D eigenvalue weighted by atomic mass is 10.3. The molecule has 2 nitrogen and oxygen atoms in total. The van der Waals surface area contributed by atoms with E-state index in [0.29, 0.717) is 10.7 Å². The molecular formula is C9H5Cl2NOS2. The molecule has 0 N–H and O–H groups in total. The summed E-state index contributed by atoms with van der Waals surface area (Å²) in [7, 11) is 0. The Morgan fingerprint density at radius 1 is 1.40 bits per heavy atom. The molecule has 0 bridgehead atoms. The summed E-state index contributed by atoms with van der Waals surface area (Å²) in [6, 6.07) is 1.83. The minimum absolute atomic E-state index is 0.0334. The first-order chi connectivity index (χ1) is 7.20. The largest absolute Gasteiger partial charge is 0.291 e. The van der Waals surface area contributed by atoms with Gasteiger partial charge in [-0.05, 0) is 6.07 Å². The molecule has 78 valence electrons. The van der Waals surface area contributed by atoms with Crippen LogP contribution in [-0.2, 0) is 0 Å². The molecule has 0 amide bonds. The van der Waals surface area contributed by atoms with Gasteiger partial charge in [0.2, 0.25) is 0 Å². The van der Waals surface area contributed by atoms with Gasteiger partial charge in [-0.3, -0.25) is 4.79 Å². The summed E-state index contributed by atoms with van der Waals surface area (Å²) >= 11 is 14.2. The van der Waals surface area contributed by atoms with Gasteiger partial charge < -0.3 is 0 Å². The van der Waals surface area contributed by atoms with E-state index in [-0.39, 0.29) is 11.7 Å². The van der Waals surface area contributed by atoms with Crippen molar-refractivity contribution in [3.63, 3.8) is 0 Å². The quantitative estimate of drug-likeness (QED) is 0.628. The number of carbonyl (C=O) groups is 1. The zero-order valence-electron chi connectivity index (χ0n) is 7.37. The summed E-state index contributed by atoms with van der Waals surface area (Å²) < 4.78 is 0. The van der Waals surface area contributed by atoms with Gasteiger partial charge in [-0.1, -0.05) is 11.6 Å². The van der Waals surface area contributed by atoms with E-state index < -0.39 is 0 Å². The number of rotatable bonds is 3. The van der Waals surface area contributed by atoms with Crippen molar-refractivity contribution in [2.75, 3.05) is 5.88 Å². The number of aromatic nitrogens is 1. The lowest BCUT2D eigenvalue weighted by Crippen LogP contribution is -1.99. The Labute approximate surface area is 104 Å². The molecule has 0 aliphatic carbocycles. The monoisotopic (exact) mass is 277 g/mol. The summed E-state index contributed by atoms with van der Waals surface area (Å²) in [6.07, 6.45) is 0. The molecule has 0 saturated heterocycles. The average molecular weight is 278 g/mol. The molecule has 0 radical (unpaired) electrons. The second-order valence-corrected chi connectivity index (χ2v) is 5.20. The van der Waals surface area contributed by atoms with Gasteiger partial charge in [-0.25, -0.2) is 4.98 Å². The predicted octanol–water partition coefficient (Wildman–Crippen LogP) is 3.95. The van der Waals surface area contributed by atoms with Crippen LogP contribution in [0, 0.1) is 0 Å². The molecule has 6 heteroatoms. The van der Waals surface area contributed by atoms with E-state index in [1.165, 1.54) is 22.7 Å². The van der Waals surface area contributed by atoms with Crippen molar-refractivity contribution in [2.24, 2.45) is 0 Å². The minimum atomic E-state index is -0.151. The fourth-order valence-electron chi connectivity index (χ4n) is 1.01. The molecule has 2 rings (SSSR count). The van der Waals surface area contributed by atoms with Crippen LogP contribution in [0.5, 0.6) is 0 Å². The van der Waals surface area contributed by atoms with Crippen molar-refractivity contribution in [1.82, 2.24) is 4.98 Å². The van der Waals surface area contributed by atoms with Gasteiger partial charge in [-0.15, -0.1) is 34.3 Å². The van der Waals surface area contributed by atoms with Gasteiger partial charge in [0.05, 0.1) is 15.8 Å². The molecule has 0 unspecified atom stereocenters. The molecule has 0 aromatic carbocycles. The SMILES string of the molecule is O=C(CCl)c1csc(-c2cc(Cl)cs2)n1. The fourth-order valence-corrected chi connectivity index (χ4v) is 3.12. The number of carbonyl (C=O) groups excluding carboxylic acids is 1. The Balaban J connectivity index is 2.31. The zero-order chi connectivity index (χ0) is 10.8. The lowest BCUT2D eigenvalue weighted by Gasteiger charge is -1.88. The maximum Gasteiger partial charge on any atom is 0.196 e. The number of thiazole rings is 1. The standard InChI is InChI=1S/C9H5Cl2NOS2/c10-2-7(13)6-4-15-9(12-6)8-1-5(11)3-14-8/h1,3-4H,2H2. The van der Waals surface area contributed by atoms with E-state index in [1.54, 1.807) is 5.38 Å². The van der Waals surface area contributed by atoms with E-state index in [0.717, 1.165) is 9.88 Å². The molecular weight excluding hydrogens is 273 g/mol. The van der Waals surface area contributed by atoms with Crippen LogP contribution < -0.4 is 0 Å². The smallest absolute Gasteiger partial charge is 0.196 e. The number of alkyl halides is 1. The summed E-state index contributed by atoms with van der Waals surface area (Å²) in [6.45, 7) is 0. The number of hydrogen-bond acceptors (Lipinski definition) is 4. The Bertz CT molecular complexity index is 492. The number of halogens is 2. The maximum atomic E-state index is 11.3. The van der Waals surface area contributed by atoms with Crippen LogP contribution in [0.25, 0.3) is 9.88 Å². The molecule has 0 aliphatic rings. The van der Waals surface area contributed by atoms with Gasteiger partial charge in [0.1, 0.15) is 10.7 Å². The predicted molar refractivity (Wildman–Crippen MR) is 65.5 cm³/mol. The molecule has 0 atom stereocenters. The van der Waals surface area contributed by atoms with E-state index in [1.807, 2.05) is 11.4 Å². The average Bonchev–Trinajstić information content (AvgIpc) is 2.84. The second-order valence-electron chi connectivity index (χ2n) is 2.72. The molecule has 15 heavy (non-hydrogen) atoms. The van der Waals surface area contributed by atoms with E-state index in [4.69, 9.17) is 23.2 Å². The highest BCUT2D eigenvalue weighted by molar-refractivity contribution is 7.20.